The van der Waals surface area contributed by atoms with Gasteiger partial charge in [-0.15, -0.1) is 0 Å². The first-order chi connectivity index (χ1) is 14.6. The van der Waals surface area contributed by atoms with E-state index < -0.39 is 0 Å². The summed E-state index contributed by atoms with van der Waals surface area (Å²) in [5, 5.41) is 4.66. The number of halogens is 1. The Morgan fingerprint density at radius 2 is 2.13 bits per heavy atom. The number of aromatic nitrogens is 4. The molecule has 5 rings (SSSR count). The number of nitrogens with zero attached hydrogens (tertiary/aromatic N) is 5. The van der Waals surface area contributed by atoms with Crippen LogP contribution in [0.2, 0.25) is 0 Å². The lowest BCUT2D eigenvalue weighted by Crippen LogP contribution is -2.39. The van der Waals surface area contributed by atoms with Crippen LogP contribution in [-0.4, -0.2) is 43.5 Å². The van der Waals surface area contributed by atoms with E-state index in [1.54, 1.807) is 22.4 Å². The third-order valence-electron chi connectivity index (χ3n) is 5.52. The smallest absolute Gasteiger partial charge is 0.291 e. The van der Waals surface area contributed by atoms with Crippen LogP contribution in [0, 0.1) is 12.7 Å². The van der Waals surface area contributed by atoms with E-state index in [9.17, 15) is 9.18 Å². The number of carbonyl (C=O) groups is 1. The van der Waals surface area contributed by atoms with Crippen LogP contribution >= 0.6 is 0 Å². The van der Waals surface area contributed by atoms with Crippen molar-refractivity contribution in [2.45, 2.75) is 25.7 Å². The second-order valence-corrected chi connectivity index (χ2v) is 7.56. The summed E-state index contributed by atoms with van der Waals surface area (Å²) in [6.07, 6.45) is 4.93. The minimum atomic E-state index is -0.277. The molecule has 4 aromatic rings. The van der Waals surface area contributed by atoms with Gasteiger partial charge in [-0.1, -0.05) is 12.1 Å². The molecule has 1 saturated heterocycles. The lowest BCUT2D eigenvalue weighted by atomic mass is 9.97. The first-order valence-corrected chi connectivity index (χ1v) is 9.90. The molecule has 152 valence electrons. The number of piperidine rings is 1. The maximum absolute atomic E-state index is 13.6. The molecule has 0 spiro atoms. The lowest BCUT2D eigenvalue weighted by molar-refractivity contribution is 0.0671. The van der Waals surface area contributed by atoms with E-state index in [0.29, 0.717) is 30.4 Å². The Bertz CT molecular complexity index is 1230. The van der Waals surface area contributed by atoms with E-state index in [-0.39, 0.29) is 17.6 Å². The van der Waals surface area contributed by atoms with Crippen LogP contribution in [0.15, 0.2) is 53.4 Å². The number of hydrogen-bond donors (Lipinski definition) is 0. The van der Waals surface area contributed by atoms with E-state index in [0.717, 1.165) is 29.6 Å². The van der Waals surface area contributed by atoms with E-state index in [2.05, 4.69) is 15.1 Å². The highest BCUT2D eigenvalue weighted by Crippen LogP contribution is 2.27. The van der Waals surface area contributed by atoms with Crippen LogP contribution in [0.5, 0.6) is 0 Å². The molecular weight excluding hydrogens is 385 g/mol. The van der Waals surface area contributed by atoms with Crippen molar-refractivity contribution in [3.05, 3.63) is 72.1 Å². The predicted octanol–water partition coefficient (Wildman–Crippen LogP) is 3.85. The predicted molar refractivity (Wildman–Crippen MR) is 107 cm³/mol. The van der Waals surface area contributed by atoms with Crippen LogP contribution in [-0.2, 0) is 0 Å². The maximum atomic E-state index is 13.6. The molecule has 0 N–H and O–H groups in total. The normalized spacial score (nSPS) is 16.9. The van der Waals surface area contributed by atoms with E-state index in [4.69, 9.17) is 4.42 Å². The van der Waals surface area contributed by atoms with Crippen LogP contribution < -0.4 is 0 Å². The fraction of sp³-hybridized carbons (Fsp3) is 0.273. The van der Waals surface area contributed by atoms with Gasteiger partial charge in [-0.25, -0.2) is 18.9 Å². The van der Waals surface area contributed by atoms with Gasteiger partial charge in [0.25, 0.3) is 5.91 Å². The number of pyridine rings is 1. The number of rotatable bonds is 3. The highest BCUT2D eigenvalue weighted by Gasteiger charge is 2.30. The van der Waals surface area contributed by atoms with Gasteiger partial charge in [0.2, 0.25) is 5.76 Å². The zero-order chi connectivity index (χ0) is 20.7. The molecule has 0 saturated carbocycles. The fourth-order valence-electron chi connectivity index (χ4n) is 3.94. The van der Waals surface area contributed by atoms with Gasteiger partial charge in [-0.05, 0) is 49.6 Å². The number of fused-ring (bicyclic) bond motifs is 1. The molecule has 0 bridgehead atoms. The van der Waals surface area contributed by atoms with Gasteiger partial charge in [-0.2, -0.15) is 5.10 Å². The van der Waals surface area contributed by atoms with Crippen molar-refractivity contribution in [3.63, 3.8) is 0 Å². The lowest BCUT2D eigenvalue weighted by Gasteiger charge is -2.30. The zero-order valence-corrected chi connectivity index (χ0v) is 16.5. The summed E-state index contributed by atoms with van der Waals surface area (Å²) in [5.41, 5.74) is 2.96. The topological polar surface area (TPSA) is 76.5 Å². The third-order valence-corrected chi connectivity index (χ3v) is 5.52. The number of benzene rings is 1. The fourth-order valence-corrected chi connectivity index (χ4v) is 3.94. The molecule has 3 aromatic heterocycles. The number of likely N-dealkylation sites (tertiary alicyclic amines) is 1. The zero-order valence-electron chi connectivity index (χ0n) is 16.5. The minimum absolute atomic E-state index is 0.0449. The van der Waals surface area contributed by atoms with Gasteiger partial charge in [0.1, 0.15) is 5.82 Å². The first kappa shape index (κ1) is 18.5. The highest BCUT2D eigenvalue weighted by atomic mass is 19.1. The molecule has 1 aliphatic rings. The van der Waals surface area contributed by atoms with Crippen molar-refractivity contribution >= 4 is 11.6 Å². The second-order valence-electron chi connectivity index (χ2n) is 7.56. The number of amides is 1. The Kier molecular flexibility index (Phi) is 4.54. The number of hydrogen-bond acceptors (Lipinski definition) is 5. The molecule has 8 heteroatoms. The Hall–Kier alpha value is -3.55. The monoisotopic (exact) mass is 405 g/mol. The summed E-state index contributed by atoms with van der Waals surface area (Å²) < 4.78 is 20.6. The van der Waals surface area contributed by atoms with Gasteiger partial charge in [0.15, 0.2) is 17.9 Å². The maximum Gasteiger partial charge on any atom is 0.291 e. The summed E-state index contributed by atoms with van der Waals surface area (Å²) in [7, 11) is 0. The average Bonchev–Trinajstić information content (AvgIpc) is 3.39. The largest absolute Gasteiger partial charge is 0.438 e. The third kappa shape index (κ3) is 3.34. The van der Waals surface area contributed by atoms with Crippen molar-refractivity contribution in [2.24, 2.45) is 0 Å². The molecule has 1 aromatic carbocycles. The molecule has 0 radical (unpaired) electrons. The standard InChI is InChI=1S/C22H20FN5O2/c1-14-20(30-13-24-14)22(29)27-9-3-5-17(11-27)21-25-19-8-7-16(12-28(19)26-21)15-4-2-6-18(23)10-15/h2,4,6-8,10,12-13,17H,3,5,9,11H2,1H3/t17-/m1/s1. The van der Waals surface area contributed by atoms with Crippen LogP contribution in [0.1, 0.15) is 40.8 Å². The quantitative estimate of drug-likeness (QED) is 0.517. The van der Waals surface area contributed by atoms with Crippen molar-refractivity contribution in [3.8, 4) is 11.1 Å². The summed E-state index contributed by atoms with van der Waals surface area (Å²) in [6.45, 7) is 2.97. The van der Waals surface area contributed by atoms with E-state index >= 15 is 0 Å². The van der Waals surface area contributed by atoms with Crippen LogP contribution in [0.4, 0.5) is 4.39 Å². The summed E-state index contributed by atoms with van der Waals surface area (Å²) >= 11 is 0. The van der Waals surface area contributed by atoms with Crippen LogP contribution in [0.25, 0.3) is 16.8 Å². The Morgan fingerprint density at radius 1 is 1.23 bits per heavy atom. The van der Waals surface area contributed by atoms with E-state index in [1.165, 1.54) is 18.5 Å². The second kappa shape index (κ2) is 7.37. The van der Waals surface area contributed by atoms with Gasteiger partial charge in [0.05, 0.1) is 5.69 Å². The van der Waals surface area contributed by atoms with Gasteiger partial charge in [0, 0.05) is 30.8 Å². The van der Waals surface area contributed by atoms with Crippen LogP contribution in [0.3, 0.4) is 0 Å². The number of aryl methyl sites for hydroxylation is 1. The van der Waals surface area contributed by atoms with Gasteiger partial charge in [-0.3, -0.25) is 4.79 Å². The number of carbonyl (C=O) groups excluding carboxylic acids is 1. The Morgan fingerprint density at radius 3 is 2.93 bits per heavy atom. The Labute approximate surface area is 172 Å². The Balaban J connectivity index is 1.40. The molecule has 4 heterocycles. The average molecular weight is 405 g/mol. The van der Waals surface area contributed by atoms with Gasteiger partial charge < -0.3 is 9.32 Å². The molecule has 7 nitrogen and oxygen atoms in total. The summed E-state index contributed by atoms with van der Waals surface area (Å²) in [5.74, 6) is 0.618. The molecular formula is C22H20FN5O2. The summed E-state index contributed by atoms with van der Waals surface area (Å²) in [6, 6.07) is 10.2. The van der Waals surface area contributed by atoms with Crippen molar-refractivity contribution in [1.29, 1.82) is 0 Å². The molecule has 0 unspecified atom stereocenters. The molecule has 0 aliphatic carbocycles. The molecule has 1 amide bonds. The minimum Gasteiger partial charge on any atom is -0.438 e. The molecule has 1 atom stereocenters. The van der Waals surface area contributed by atoms with Crippen molar-refractivity contribution in [2.75, 3.05) is 13.1 Å². The molecule has 30 heavy (non-hydrogen) atoms. The number of oxazole rings is 1. The highest BCUT2D eigenvalue weighted by molar-refractivity contribution is 5.92. The molecule has 1 aliphatic heterocycles. The summed E-state index contributed by atoms with van der Waals surface area (Å²) in [4.78, 5) is 23.2. The van der Waals surface area contributed by atoms with E-state index in [1.807, 2.05) is 24.4 Å². The van der Waals surface area contributed by atoms with Gasteiger partial charge >= 0.3 is 0 Å². The SMILES string of the molecule is Cc1ncoc1C(=O)N1CCC[C@@H](c2nc3ccc(-c4cccc(F)c4)cn3n2)C1. The van der Waals surface area contributed by atoms with Crippen molar-refractivity contribution in [1.82, 2.24) is 24.5 Å². The van der Waals surface area contributed by atoms with Crippen molar-refractivity contribution < 1.29 is 13.6 Å². The first-order valence-electron chi connectivity index (χ1n) is 9.90. The molecule has 1 fully saturated rings.